The maximum absolute atomic E-state index is 13.6. The number of hydrogen-bond donors (Lipinski definition) is 1. The molecule has 0 saturated carbocycles. The smallest absolute Gasteiger partial charge is 0.160 e. The molecule has 0 aliphatic heterocycles. The topological polar surface area (TPSA) is 42.2 Å². The Bertz CT molecular complexity index is 766. The van der Waals surface area contributed by atoms with E-state index in [4.69, 9.17) is 0 Å². The molecule has 1 N–H and O–H groups in total. The molecule has 0 spiro atoms. The monoisotopic (exact) mass is 284 g/mol. The summed E-state index contributed by atoms with van der Waals surface area (Å²) in [5, 5.41) is 11.6. The summed E-state index contributed by atoms with van der Waals surface area (Å²) >= 11 is 0. The molecule has 1 atom stereocenters. The molecule has 0 aliphatic carbocycles. The van der Waals surface area contributed by atoms with Gasteiger partial charge in [0.05, 0.1) is 6.54 Å². The van der Waals surface area contributed by atoms with Crippen LogP contribution >= 0.6 is 0 Å². The first-order chi connectivity index (χ1) is 10.1. The highest BCUT2D eigenvalue weighted by Gasteiger charge is 2.10. The third-order valence-corrected chi connectivity index (χ3v) is 3.65. The highest BCUT2D eigenvalue weighted by atomic mass is 19.1. The SMILES string of the molecule is Cc1ccc(C(C)NCc2nnc3ccccn23)cc1F. The Morgan fingerprint density at radius 1 is 1.24 bits per heavy atom. The minimum Gasteiger partial charge on any atom is -0.303 e. The summed E-state index contributed by atoms with van der Waals surface area (Å²) < 4.78 is 15.5. The Hall–Kier alpha value is -2.27. The van der Waals surface area contributed by atoms with Crippen LogP contribution in [0.25, 0.3) is 5.65 Å². The largest absolute Gasteiger partial charge is 0.303 e. The van der Waals surface area contributed by atoms with E-state index in [1.54, 1.807) is 19.1 Å². The second kappa shape index (κ2) is 5.61. The lowest BCUT2D eigenvalue weighted by Crippen LogP contribution is -2.19. The van der Waals surface area contributed by atoms with Crippen molar-refractivity contribution in [3.05, 3.63) is 65.4 Å². The zero-order valence-corrected chi connectivity index (χ0v) is 12.0. The molecule has 0 fully saturated rings. The van der Waals surface area contributed by atoms with Crippen LogP contribution in [0, 0.1) is 12.7 Å². The molecular weight excluding hydrogens is 267 g/mol. The molecule has 4 nitrogen and oxygen atoms in total. The van der Waals surface area contributed by atoms with Gasteiger partial charge in [0.2, 0.25) is 0 Å². The van der Waals surface area contributed by atoms with E-state index in [-0.39, 0.29) is 11.9 Å². The molecule has 0 aliphatic rings. The molecule has 0 saturated heterocycles. The van der Waals surface area contributed by atoms with E-state index in [9.17, 15) is 4.39 Å². The normalized spacial score (nSPS) is 12.7. The predicted octanol–water partition coefficient (Wildman–Crippen LogP) is 3.03. The van der Waals surface area contributed by atoms with E-state index in [1.807, 2.05) is 41.8 Å². The number of nitrogens with zero attached hydrogens (tertiary/aromatic N) is 3. The predicted molar refractivity (Wildman–Crippen MR) is 79.4 cm³/mol. The Labute approximate surface area is 122 Å². The van der Waals surface area contributed by atoms with Crippen molar-refractivity contribution in [2.24, 2.45) is 0 Å². The summed E-state index contributed by atoms with van der Waals surface area (Å²) in [6.45, 7) is 4.34. The van der Waals surface area contributed by atoms with E-state index in [0.717, 1.165) is 17.0 Å². The summed E-state index contributed by atoms with van der Waals surface area (Å²) in [7, 11) is 0. The van der Waals surface area contributed by atoms with Crippen LogP contribution < -0.4 is 5.32 Å². The third-order valence-electron chi connectivity index (χ3n) is 3.65. The lowest BCUT2D eigenvalue weighted by molar-refractivity contribution is 0.548. The maximum atomic E-state index is 13.6. The van der Waals surface area contributed by atoms with Gasteiger partial charge in [0.25, 0.3) is 0 Å². The van der Waals surface area contributed by atoms with Crippen molar-refractivity contribution in [2.45, 2.75) is 26.4 Å². The molecule has 0 bridgehead atoms. The van der Waals surface area contributed by atoms with Gasteiger partial charge in [0, 0.05) is 12.2 Å². The van der Waals surface area contributed by atoms with Gasteiger partial charge < -0.3 is 5.32 Å². The van der Waals surface area contributed by atoms with Gasteiger partial charge in [-0.05, 0) is 43.2 Å². The summed E-state index contributed by atoms with van der Waals surface area (Å²) in [5.41, 5.74) is 2.41. The van der Waals surface area contributed by atoms with Crippen LogP contribution in [-0.2, 0) is 6.54 Å². The van der Waals surface area contributed by atoms with Crippen molar-refractivity contribution in [3.8, 4) is 0 Å². The van der Waals surface area contributed by atoms with Gasteiger partial charge in [-0.15, -0.1) is 10.2 Å². The van der Waals surface area contributed by atoms with E-state index in [2.05, 4.69) is 15.5 Å². The first kappa shape index (κ1) is 13.7. The highest BCUT2D eigenvalue weighted by Crippen LogP contribution is 2.16. The Balaban J connectivity index is 1.73. The fourth-order valence-corrected chi connectivity index (χ4v) is 2.25. The quantitative estimate of drug-likeness (QED) is 0.800. The molecule has 21 heavy (non-hydrogen) atoms. The van der Waals surface area contributed by atoms with Crippen molar-refractivity contribution < 1.29 is 4.39 Å². The lowest BCUT2D eigenvalue weighted by atomic mass is 10.1. The first-order valence-electron chi connectivity index (χ1n) is 6.93. The zero-order valence-electron chi connectivity index (χ0n) is 12.0. The Kier molecular flexibility index (Phi) is 3.66. The highest BCUT2D eigenvalue weighted by molar-refractivity contribution is 5.37. The van der Waals surface area contributed by atoms with Crippen LogP contribution in [0.5, 0.6) is 0 Å². The molecule has 0 radical (unpaired) electrons. The molecule has 3 rings (SSSR count). The molecule has 5 heteroatoms. The van der Waals surface area contributed by atoms with Gasteiger partial charge in [-0.2, -0.15) is 0 Å². The maximum Gasteiger partial charge on any atom is 0.160 e. The minimum atomic E-state index is -0.172. The fourth-order valence-electron chi connectivity index (χ4n) is 2.25. The van der Waals surface area contributed by atoms with Gasteiger partial charge in [-0.1, -0.05) is 18.2 Å². The number of pyridine rings is 1. The zero-order chi connectivity index (χ0) is 14.8. The Morgan fingerprint density at radius 3 is 2.90 bits per heavy atom. The van der Waals surface area contributed by atoms with Gasteiger partial charge in [-0.25, -0.2) is 4.39 Å². The molecule has 1 unspecified atom stereocenters. The number of rotatable bonds is 4. The van der Waals surface area contributed by atoms with Crippen LogP contribution in [0.4, 0.5) is 4.39 Å². The average Bonchev–Trinajstić information content (AvgIpc) is 2.91. The number of halogens is 1. The Morgan fingerprint density at radius 2 is 2.10 bits per heavy atom. The molecule has 3 aromatic rings. The standard InChI is InChI=1S/C16H17FN4/c1-11-6-7-13(9-14(11)17)12(2)18-10-16-20-19-15-5-3-4-8-21(15)16/h3-9,12,18H,10H2,1-2H3. The van der Waals surface area contributed by atoms with Crippen LogP contribution in [0.2, 0.25) is 0 Å². The number of aromatic nitrogens is 3. The van der Waals surface area contributed by atoms with E-state index in [0.29, 0.717) is 12.1 Å². The van der Waals surface area contributed by atoms with Gasteiger partial charge in [-0.3, -0.25) is 4.40 Å². The van der Waals surface area contributed by atoms with E-state index in [1.165, 1.54) is 0 Å². The fraction of sp³-hybridized carbons (Fsp3) is 0.250. The molecule has 2 aromatic heterocycles. The lowest BCUT2D eigenvalue weighted by Gasteiger charge is -2.14. The third kappa shape index (κ3) is 2.78. The first-order valence-corrected chi connectivity index (χ1v) is 6.93. The second-order valence-corrected chi connectivity index (χ2v) is 5.16. The van der Waals surface area contributed by atoms with E-state index < -0.39 is 0 Å². The van der Waals surface area contributed by atoms with Gasteiger partial charge in [0.1, 0.15) is 5.82 Å². The summed E-state index contributed by atoms with van der Waals surface area (Å²) in [6.07, 6.45) is 1.93. The molecule has 108 valence electrons. The van der Waals surface area contributed by atoms with Crippen molar-refractivity contribution in [3.63, 3.8) is 0 Å². The number of hydrogen-bond acceptors (Lipinski definition) is 3. The summed E-state index contributed by atoms with van der Waals surface area (Å²) in [5.74, 6) is 0.666. The average molecular weight is 284 g/mol. The van der Waals surface area contributed by atoms with Crippen LogP contribution in [0.3, 0.4) is 0 Å². The number of nitrogens with one attached hydrogen (secondary N) is 1. The van der Waals surface area contributed by atoms with Gasteiger partial charge >= 0.3 is 0 Å². The number of aryl methyl sites for hydroxylation is 1. The molecule has 0 amide bonds. The number of fused-ring (bicyclic) bond motifs is 1. The van der Waals surface area contributed by atoms with Gasteiger partial charge in [0.15, 0.2) is 11.5 Å². The van der Waals surface area contributed by atoms with Crippen LogP contribution in [0.15, 0.2) is 42.6 Å². The molecule has 1 aromatic carbocycles. The summed E-state index contributed by atoms with van der Waals surface area (Å²) in [6, 6.07) is 11.1. The second-order valence-electron chi connectivity index (χ2n) is 5.16. The van der Waals surface area contributed by atoms with Crippen molar-refractivity contribution in [2.75, 3.05) is 0 Å². The van der Waals surface area contributed by atoms with Crippen molar-refractivity contribution in [1.82, 2.24) is 19.9 Å². The molecular formula is C16H17FN4. The van der Waals surface area contributed by atoms with Crippen LogP contribution in [-0.4, -0.2) is 14.6 Å². The number of benzene rings is 1. The van der Waals surface area contributed by atoms with Crippen molar-refractivity contribution >= 4 is 5.65 Å². The molecule has 2 heterocycles. The summed E-state index contributed by atoms with van der Waals surface area (Å²) in [4.78, 5) is 0. The van der Waals surface area contributed by atoms with E-state index >= 15 is 0 Å². The van der Waals surface area contributed by atoms with Crippen molar-refractivity contribution in [1.29, 1.82) is 0 Å². The van der Waals surface area contributed by atoms with Crippen LogP contribution in [0.1, 0.15) is 29.9 Å². The minimum absolute atomic E-state index is 0.0381.